The maximum absolute atomic E-state index is 4.49. The normalized spacial score (nSPS) is 33.8. The van der Waals surface area contributed by atoms with Gasteiger partial charge in [0.1, 0.15) is 0 Å². The minimum absolute atomic E-state index is 0.540. The highest BCUT2D eigenvalue weighted by atomic mass is 14.8. The van der Waals surface area contributed by atoms with Gasteiger partial charge in [0.05, 0.1) is 6.04 Å². The van der Waals surface area contributed by atoms with Crippen LogP contribution in [0.5, 0.6) is 0 Å². The van der Waals surface area contributed by atoms with E-state index in [2.05, 4.69) is 31.0 Å². The fraction of sp³-hybridized carbons (Fsp3) is 0.545. The molecule has 0 bridgehead atoms. The van der Waals surface area contributed by atoms with Gasteiger partial charge in [-0.1, -0.05) is 17.2 Å². The lowest BCUT2D eigenvalue weighted by atomic mass is 9.80. The minimum Gasteiger partial charge on any atom is -0.289 e. The summed E-state index contributed by atoms with van der Waals surface area (Å²) in [5, 5.41) is 0. The van der Waals surface area contributed by atoms with Crippen LogP contribution in [0, 0.1) is 5.92 Å². The second kappa shape index (κ2) is 2.89. The number of fused-ring (bicyclic) bond motifs is 1. The zero-order chi connectivity index (χ0) is 8.55. The van der Waals surface area contributed by atoms with Crippen LogP contribution in [0.4, 0.5) is 0 Å². The van der Waals surface area contributed by atoms with Crippen molar-refractivity contribution >= 4 is 6.21 Å². The summed E-state index contributed by atoms with van der Waals surface area (Å²) in [5.74, 6) is 0.679. The number of allylic oxidation sites excluding steroid dienone is 2. The standard InChI is InChI=1S/C11H15N/c1-8-6-10-4-3-5-12-11(10)7-9(8)2/h3-5,10-11H,6-7H2,1-2H3. The van der Waals surface area contributed by atoms with E-state index in [1.54, 1.807) is 11.1 Å². The van der Waals surface area contributed by atoms with E-state index in [1.165, 1.54) is 6.42 Å². The predicted octanol–water partition coefficient (Wildman–Crippen LogP) is 2.74. The molecule has 0 aromatic carbocycles. The van der Waals surface area contributed by atoms with Crippen molar-refractivity contribution in [2.75, 3.05) is 0 Å². The van der Waals surface area contributed by atoms with Gasteiger partial charge in [0.2, 0.25) is 0 Å². The van der Waals surface area contributed by atoms with Crippen LogP contribution in [0.15, 0.2) is 28.3 Å². The van der Waals surface area contributed by atoms with Crippen molar-refractivity contribution in [3.8, 4) is 0 Å². The van der Waals surface area contributed by atoms with E-state index in [-0.39, 0.29) is 0 Å². The van der Waals surface area contributed by atoms with Gasteiger partial charge in [-0.05, 0) is 32.8 Å². The molecule has 0 saturated heterocycles. The third-order valence-corrected chi connectivity index (χ3v) is 3.00. The maximum Gasteiger partial charge on any atom is 0.0602 e. The van der Waals surface area contributed by atoms with E-state index in [0.29, 0.717) is 12.0 Å². The molecule has 1 aliphatic heterocycles. The maximum atomic E-state index is 4.49. The molecule has 0 fully saturated rings. The molecule has 1 nitrogen and oxygen atoms in total. The Bertz CT molecular complexity index is 243. The van der Waals surface area contributed by atoms with Crippen molar-refractivity contribution in [1.29, 1.82) is 0 Å². The summed E-state index contributed by atoms with van der Waals surface area (Å²) >= 11 is 0. The van der Waals surface area contributed by atoms with Crippen molar-refractivity contribution in [3.05, 3.63) is 23.3 Å². The van der Waals surface area contributed by atoms with Crippen LogP contribution >= 0.6 is 0 Å². The van der Waals surface area contributed by atoms with Crippen molar-refractivity contribution < 1.29 is 0 Å². The van der Waals surface area contributed by atoms with E-state index >= 15 is 0 Å². The van der Waals surface area contributed by atoms with Crippen LogP contribution in [-0.4, -0.2) is 12.3 Å². The number of dihydropyridines is 1. The highest BCUT2D eigenvalue weighted by Gasteiger charge is 2.25. The summed E-state index contributed by atoms with van der Waals surface area (Å²) in [7, 11) is 0. The molecule has 64 valence electrons. The molecule has 2 atom stereocenters. The van der Waals surface area contributed by atoms with Gasteiger partial charge in [-0.3, -0.25) is 4.99 Å². The molecule has 0 radical (unpaired) electrons. The van der Waals surface area contributed by atoms with Gasteiger partial charge < -0.3 is 0 Å². The fourth-order valence-corrected chi connectivity index (χ4v) is 2.02. The Morgan fingerprint density at radius 1 is 1.25 bits per heavy atom. The molecule has 2 aliphatic rings. The Morgan fingerprint density at radius 2 is 2.00 bits per heavy atom. The largest absolute Gasteiger partial charge is 0.289 e. The lowest BCUT2D eigenvalue weighted by molar-refractivity contribution is 0.464. The number of rotatable bonds is 0. The second-order valence-corrected chi connectivity index (χ2v) is 3.88. The van der Waals surface area contributed by atoms with Crippen molar-refractivity contribution in [2.24, 2.45) is 10.9 Å². The molecule has 0 aromatic rings. The molecule has 1 heterocycles. The molecule has 0 N–H and O–H groups in total. The van der Waals surface area contributed by atoms with Crippen LogP contribution in [0.3, 0.4) is 0 Å². The first-order valence-electron chi connectivity index (χ1n) is 4.62. The SMILES string of the molecule is CC1=C(C)CC2N=CC=CC2C1. The monoisotopic (exact) mass is 161 g/mol. The number of aliphatic imine (C=N–C) groups is 1. The third kappa shape index (κ3) is 1.24. The summed E-state index contributed by atoms with van der Waals surface area (Å²) in [6.45, 7) is 4.48. The van der Waals surface area contributed by atoms with Gasteiger partial charge in [-0.15, -0.1) is 0 Å². The highest BCUT2D eigenvalue weighted by Crippen LogP contribution is 2.33. The molecule has 0 aromatic heterocycles. The molecule has 1 heteroatoms. The molecule has 0 spiro atoms. The van der Waals surface area contributed by atoms with Gasteiger partial charge in [0, 0.05) is 12.1 Å². The van der Waals surface area contributed by atoms with E-state index in [0.717, 1.165) is 6.42 Å². The van der Waals surface area contributed by atoms with Crippen LogP contribution in [0.1, 0.15) is 26.7 Å². The first-order chi connectivity index (χ1) is 5.77. The van der Waals surface area contributed by atoms with Gasteiger partial charge >= 0.3 is 0 Å². The molecule has 1 aliphatic carbocycles. The molecule has 2 rings (SSSR count). The number of nitrogens with zero attached hydrogens (tertiary/aromatic N) is 1. The molecular formula is C11H15N. The van der Waals surface area contributed by atoms with Crippen molar-refractivity contribution in [1.82, 2.24) is 0 Å². The first-order valence-corrected chi connectivity index (χ1v) is 4.62. The Hall–Kier alpha value is -0.850. The Labute approximate surface area is 73.9 Å². The first kappa shape index (κ1) is 7.78. The minimum atomic E-state index is 0.540. The summed E-state index contributed by atoms with van der Waals surface area (Å²) in [4.78, 5) is 4.49. The van der Waals surface area contributed by atoms with E-state index < -0.39 is 0 Å². The summed E-state index contributed by atoms with van der Waals surface area (Å²) in [5.41, 5.74) is 3.11. The second-order valence-electron chi connectivity index (χ2n) is 3.88. The molecular weight excluding hydrogens is 146 g/mol. The zero-order valence-corrected chi connectivity index (χ0v) is 7.75. The summed E-state index contributed by atoms with van der Waals surface area (Å²) < 4.78 is 0. The Kier molecular flexibility index (Phi) is 1.87. The van der Waals surface area contributed by atoms with E-state index in [1.807, 2.05) is 6.21 Å². The fourth-order valence-electron chi connectivity index (χ4n) is 2.02. The lowest BCUT2D eigenvalue weighted by Crippen LogP contribution is -2.24. The lowest BCUT2D eigenvalue weighted by Gasteiger charge is -2.29. The molecule has 0 saturated carbocycles. The van der Waals surface area contributed by atoms with Crippen molar-refractivity contribution in [2.45, 2.75) is 32.7 Å². The van der Waals surface area contributed by atoms with Gasteiger partial charge in [0.15, 0.2) is 0 Å². The van der Waals surface area contributed by atoms with Crippen LogP contribution < -0.4 is 0 Å². The topological polar surface area (TPSA) is 12.4 Å². The number of hydrogen-bond donors (Lipinski definition) is 0. The smallest absolute Gasteiger partial charge is 0.0602 e. The molecule has 0 amide bonds. The van der Waals surface area contributed by atoms with Gasteiger partial charge in [0.25, 0.3) is 0 Å². The van der Waals surface area contributed by atoms with E-state index in [4.69, 9.17) is 0 Å². The quantitative estimate of drug-likeness (QED) is 0.484. The molecule has 12 heavy (non-hydrogen) atoms. The number of hydrogen-bond acceptors (Lipinski definition) is 1. The average Bonchev–Trinajstić information content (AvgIpc) is 2.07. The Morgan fingerprint density at radius 3 is 2.83 bits per heavy atom. The van der Waals surface area contributed by atoms with Crippen LogP contribution in [0.25, 0.3) is 0 Å². The van der Waals surface area contributed by atoms with E-state index in [9.17, 15) is 0 Å². The molecule has 2 unspecified atom stereocenters. The summed E-state index contributed by atoms with van der Waals surface area (Å²) in [6.07, 6.45) is 8.69. The van der Waals surface area contributed by atoms with Gasteiger partial charge in [-0.2, -0.15) is 0 Å². The zero-order valence-electron chi connectivity index (χ0n) is 7.75. The third-order valence-electron chi connectivity index (χ3n) is 3.00. The van der Waals surface area contributed by atoms with Crippen LogP contribution in [-0.2, 0) is 0 Å². The highest BCUT2D eigenvalue weighted by molar-refractivity contribution is 5.72. The van der Waals surface area contributed by atoms with Gasteiger partial charge in [-0.25, -0.2) is 0 Å². The predicted molar refractivity (Wildman–Crippen MR) is 52.5 cm³/mol. The Balaban J connectivity index is 2.23. The van der Waals surface area contributed by atoms with Crippen LogP contribution in [0.2, 0.25) is 0 Å². The average molecular weight is 161 g/mol. The van der Waals surface area contributed by atoms with Crippen molar-refractivity contribution in [3.63, 3.8) is 0 Å². The summed E-state index contributed by atoms with van der Waals surface area (Å²) in [6, 6.07) is 0.540.